The van der Waals surface area contributed by atoms with E-state index in [-0.39, 0.29) is 81.2 Å². The second-order valence-corrected chi connectivity index (χ2v) is 39.9. The molecule has 0 aliphatic carbocycles. The second kappa shape index (κ2) is 49.7. The number of ether oxygens (including phenoxy) is 9. The van der Waals surface area contributed by atoms with Gasteiger partial charge in [0, 0.05) is 101 Å². The van der Waals surface area contributed by atoms with Gasteiger partial charge in [0.25, 0.3) is 20.0 Å². The number of nitrogens with zero attached hydrogens (tertiary/aromatic N) is 4. The zero-order valence-electron chi connectivity index (χ0n) is 79.3. The number of anilines is 4. The second-order valence-electron chi connectivity index (χ2n) is 32.9. The Labute approximate surface area is 841 Å². The normalized spacial score (nSPS) is 13.0. The van der Waals surface area contributed by atoms with Gasteiger partial charge in [-0.15, -0.1) is 0 Å². The summed E-state index contributed by atoms with van der Waals surface area (Å²) in [6, 6.07) is 75.9. The van der Waals surface area contributed by atoms with Crippen LogP contribution in [-0.4, -0.2) is 186 Å². The van der Waals surface area contributed by atoms with Crippen LogP contribution in [0.15, 0.2) is 313 Å². The monoisotopic (exact) mass is 2070 g/mol. The fourth-order valence-corrected chi connectivity index (χ4v) is 19.1. The van der Waals surface area contributed by atoms with Crippen LogP contribution in [0.2, 0.25) is 0 Å². The maximum Gasteiger partial charge on any atom is 0.339 e. The van der Waals surface area contributed by atoms with E-state index in [1.807, 2.05) is 152 Å². The summed E-state index contributed by atoms with van der Waals surface area (Å²) in [6.07, 6.45) is 1.72. The van der Waals surface area contributed by atoms with E-state index in [0.717, 1.165) is 64.8 Å². The summed E-state index contributed by atoms with van der Waals surface area (Å²) in [6.45, 7) is 0.363. The molecule has 12 amide bonds. The number of amides is 12. The first-order valence-electron chi connectivity index (χ1n) is 45.2. The number of methoxy groups -OCH3 is 1. The molecule has 146 heavy (non-hydrogen) atoms. The van der Waals surface area contributed by atoms with Gasteiger partial charge in [0.2, 0.25) is 70.8 Å². The SMILES string of the molecule is CN(C(=O)[C@H](Cc1ccccc1)NC(=O)NS(=O)(=O)CCCc1ccccc1)c1ccc2c(c1)OCO2.CN(C(=O)[C@H](Cc1ccccc1)NC(=O)NS(=O)(=O)CCc1ccccc1)c1ccc2c(c1)OCO2.CN(C(=O)[C@H](Cc1ccccc1)NC(=O)NS(=O)(=O)c1ccc(F)cc1)c1ccc2c(c1)OCO2.COC(=O)c1ccccc1S(=O)(=O)NC(=O)N[C@@H](Cc1ccccc1)C(=O)N(C)c1ccc2c(c1)OCO2. The zero-order valence-corrected chi connectivity index (χ0v) is 82.5. The molecule has 12 aromatic rings. The Kier molecular flexibility index (Phi) is 36.3. The number of rotatable bonds is 34. The average Bonchev–Trinajstić information content (AvgIpc) is 1.06. The minimum Gasteiger partial charge on any atom is -0.465 e. The highest BCUT2D eigenvalue weighted by molar-refractivity contribution is 7.91. The topological polar surface area (TPSA) is 482 Å². The van der Waals surface area contributed by atoms with Gasteiger partial charge in [-0.1, -0.05) is 194 Å². The Bertz CT molecular complexity index is 7140. The lowest BCUT2D eigenvalue weighted by molar-refractivity contribution is -0.120. The summed E-state index contributed by atoms with van der Waals surface area (Å²) in [7, 11) is -9.25. The number of hydrogen-bond donors (Lipinski definition) is 8. The Morgan fingerprint density at radius 1 is 0.308 bits per heavy atom. The molecule has 0 spiro atoms. The van der Waals surface area contributed by atoms with E-state index in [1.54, 1.807) is 135 Å². The molecule has 4 aliphatic rings. The predicted molar refractivity (Wildman–Crippen MR) is 537 cm³/mol. The fourth-order valence-electron chi connectivity index (χ4n) is 15.1. The Morgan fingerprint density at radius 3 is 0.890 bits per heavy atom. The molecule has 0 fully saturated rings. The third kappa shape index (κ3) is 30.2. The number of urea groups is 4. The van der Waals surface area contributed by atoms with Crippen LogP contribution in [0.25, 0.3) is 0 Å². The van der Waals surface area contributed by atoms with Crippen molar-refractivity contribution in [2.45, 2.75) is 78.9 Å². The van der Waals surface area contributed by atoms with Crippen molar-refractivity contribution in [2.24, 2.45) is 0 Å². The maximum absolute atomic E-state index is 13.5. The third-order valence-electron chi connectivity index (χ3n) is 22.7. The largest absolute Gasteiger partial charge is 0.465 e. The molecule has 0 saturated carbocycles. The van der Waals surface area contributed by atoms with Gasteiger partial charge >= 0.3 is 30.1 Å². The van der Waals surface area contributed by atoms with Crippen molar-refractivity contribution in [3.05, 3.63) is 348 Å². The summed E-state index contributed by atoms with van der Waals surface area (Å²) in [5.74, 6) is 0.450. The van der Waals surface area contributed by atoms with Gasteiger partial charge in [-0.2, -0.15) is 0 Å². The Morgan fingerprint density at radius 2 is 0.575 bits per heavy atom. The average molecular weight is 2070 g/mol. The minimum absolute atomic E-state index is 0.0718. The van der Waals surface area contributed by atoms with Crippen LogP contribution in [0.5, 0.6) is 46.0 Å². The maximum atomic E-state index is 13.5. The summed E-state index contributed by atoms with van der Waals surface area (Å²) < 4.78 is 169. The van der Waals surface area contributed by atoms with Crippen molar-refractivity contribution in [3.63, 3.8) is 0 Å². The molecule has 0 aromatic heterocycles. The van der Waals surface area contributed by atoms with E-state index in [9.17, 15) is 81.2 Å². The van der Waals surface area contributed by atoms with Crippen molar-refractivity contribution in [2.75, 3.05) is 93.6 Å². The highest BCUT2D eigenvalue weighted by Gasteiger charge is 2.36. The summed E-state index contributed by atoms with van der Waals surface area (Å²) in [4.78, 5) is 121. The molecule has 38 nitrogen and oxygen atoms in total. The first-order valence-corrected chi connectivity index (χ1v) is 51.4. The highest BCUT2D eigenvalue weighted by Crippen LogP contribution is 2.40. The molecule has 4 atom stereocenters. The molecule has 8 N–H and O–H groups in total. The molecule has 12 aromatic carbocycles. The quantitative estimate of drug-likeness (QED) is 0.0174. The van der Waals surface area contributed by atoms with E-state index in [1.165, 1.54) is 58.0 Å². The number of nitrogens with one attached hydrogen (secondary N) is 8. The lowest BCUT2D eigenvalue weighted by atomic mass is 10.0. The molecule has 43 heteroatoms. The van der Waals surface area contributed by atoms with Gasteiger partial charge in [0.1, 0.15) is 34.9 Å². The molecular weight excluding hydrogens is 1970 g/mol. The van der Waals surface area contributed by atoms with Crippen molar-refractivity contribution in [1.82, 2.24) is 40.2 Å². The molecule has 0 radical (unpaired) electrons. The highest BCUT2D eigenvalue weighted by atomic mass is 32.2. The van der Waals surface area contributed by atoms with E-state index in [2.05, 4.69) is 26.0 Å². The van der Waals surface area contributed by atoms with Crippen LogP contribution >= 0.6 is 0 Å². The molecule has 4 heterocycles. The summed E-state index contributed by atoms with van der Waals surface area (Å²) in [5.41, 5.74) is 6.80. The number of sulfonamides is 4. The standard InChI is InChI=1S/C27H29N3O6S.C26H25N3O8S.C26H27N3O6S.C24H22FN3O6S/c1-30(22-14-15-24-25(18-22)36-19-35-24)26(31)23(17-21-11-6-3-7-12-21)28-27(32)29-37(33,34)16-8-13-20-9-4-2-5-10-20;1-29(18-12-13-21-22(15-18)37-16-36-21)24(30)20(14-17-8-4-3-5-9-17)27-26(32)28-38(33,34)23-11-7-6-10-19(23)25(31)35-2;1-29(21-12-13-23-24(17-21)35-18-34-23)25(30)22(16-20-10-6-3-7-11-20)27-26(31)28-36(32,33)15-14-19-8-4-2-5-9-19;1-28(18-9-12-21-22(14-18)34-15-33-21)23(29)20(13-16-5-3-2-4-6-16)26-24(30)27-35(31,32)19-10-7-17(25)8-11-19/h2-7,9-12,14-15,18,23H,8,13,16-17,19H2,1H3,(H2,28,29,32);3-13,15,20H,14,16H2,1-2H3,(H2,27,28,32);2-13,17,22H,14-16,18H2,1H3,(H2,27,28,31);2-12,14,20H,13,15H2,1H3,(H2,26,27,30)/t23-;20-;22-;20-/m0000/s1. The van der Waals surface area contributed by atoms with Crippen molar-refractivity contribution < 1.29 is 124 Å². The number of aryl methyl sites for hydroxylation is 2. The summed E-state index contributed by atoms with van der Waals surface area (Å²) >= 11 is 0. The molecule has 0 saturated heterocycles. The molecular formula is C103H103FN12O26S4. The van der Waals surface area contributed by atoms with Gasteiger partial charge in [0.15, 0.2) is 46.0 Å². The van der Waals surface area contributed by atoms with E-state index in [0.29, 0.717) is 81.6 Å². The van der Waals surface area contributed by atoms with Gasteiger partial charge < -0.3 is 83.5 Å². The van der Waals surface area contributed by atoms with Gasteiger partial charge in [0.05, 0.1) is 29.1 Å². The molecule has 0 unspecified atom stereocenters. The smallest absolute Gasteiger partial charge is 0.339 e. The number of carbonyl (C=O) groups is 9. The number of benzene rings is 12. The first-order chi connectivity index (χ1) is 70.0. The Balaban J connectivity index is 0.000000163. The van der Waals surface area contributed by atoms with Gasteiger partial charge in [-0.3, -0.25) is 19.2 Å². The van der Waals surface area contributed by atoms with E-state index < -0.39 is 129 Å². The summed E-state index contributed by atoms with van der Waals surface area (Å²) in [5, 5.41) is 10.0. The van der Waals surface area contributed by atoms with Crippen LogP contribution < -0.4 is 97.7 Å². The molecule has 762 valence electrons. The molecule has 4 aliphatic heterocycles. The van der Waals surface area contributed by atoms with Gasteiger partial charge in [-0.25, -0.2) is 80.9 Å². The predicted octanol–water partition coefficient (Wildman–Crippen LogP) is 11.4. The van der Waals surface area contributed by atoms with Crippen molar-refractivity contribution >= 4 is 117 Å². The number of fused-ring (bicyclic) bond motifs is 4. The number of halogens is 1. The van der Waals surface area contributed by atoms with Crippen LogP contribution in [0.1, 0.15) is 50.2 Å². The van der Waals surface area contributed by atoms with Crippen LogP contribution in [-0.2, 0) is 103 Å². The number of esters is 1. The van der Waals surface area contributed by atoms with Crippen LogP contribution in [0.3, 0.4) is 0 Å². The van der Waals surface area contributed by atoms with Crippen LogP contribution in [0, 0.1) is 5.82 Å². The number of hydrogen-bond acceptors (Lipinski definition) is 26. The zero-order chi connectivity index (χ0) is 104. The first kappa shape index (κ1) is 107. The lowest BCUT2D eigenvalue weighted by Crippen LogP contribution is -2.52. The lowest BCUT2D eigenvalue weighted by Gasteiger charge is -2.25. The molecule has 0 bridgehead atoms. The Hall–Kier alpha value is -16.8. The van der Waals surface area contributed by atoms with Crippen molar-refractivity contribution in [1.29, 1.82) is 0 Å². The van der Waals surface area contributed by atoms with Gasteiger partial charge in [-0.05, 0) is 138 Å². The third-order valence-corrected chi connectivity index (χ3v) is 28.0. The number of carbonyl (C=O) groups excluding carboxylic acids is 9. The fraction of sp³-hybridized carbons (Fsp3) is 0.214. The van der Waals surface area contributed by atoms with Crippen LogP contribution in [0.4, 0.5) is 46.3 Å². The molecule has 16 rings (SSSR count). The van der Waals surface area contributed by atoms with E-state index >= 15 is 0 Å². The number of likely N-dealkylation sites (N-methyl/N-ethyl adjacent to an activating group) is 4. The van der Waals surface area contributed by atoms with E-state index in [4.69, 9.17) is 37.9 Å². The minimum atomic E-state index is -4.49. The van der Waals surface area contributed by atoms with Crippen molar-refractivity contribution in [3.8, 4) is 46.0 Å².